The number of amides is 1. The maximum atomic E-state index is 13.7. The van der Waals surface area contributed by atoms with E-state index in [1.165, 1.54) is 6.07 Å². The lowest BCUT2D eigenvalue weighted by molar-refractivity contribution is 0.100. The zero-order valence-corrected chi connectivity index (χ0v) is 19.2. The SMILES string of the molecule is NC(=O)c1cccc(-c2cnc(N)nc2[C@H]2CCCN2Cc2cccc(-c3cccc(F)c3)c2)c1. The monoisotopic (exact) mass is 467 g/mol. The smallest absolute Gasteiger partial charge is 0.248 e. The van der Waals surface area contributed by atoms with Crippen molar-refractivity contribution in [2.45, 2.75) is 25.4 Å². The lowest BCUT2D eigenvalue weighted by atomic mass is 9.98. The third kappa shape index (κ3) is 4.90. The summed E-state index contributed by atoms with van der Waals surface area (Å²) in [4.78, 5) is 23.0. The lowest BCUT2D eigenvalue weighted by Crippen LogP contribution is -2.24. The molecule has 1 aliphatic heterocycles. The zero-order valence-electron chi connectivity index (χ0n) is 19.2. The molecule has 7 heteroatoms. The average Bonchev–Trinajstić information content (AvgIpc) is 3.32. The molecule has 0 unspecified atom stereocenters. The number of likely N-dealkylation sites (tertiary alicyclic amines) is 1. The molecule has 6 nitrogen and oxygen atoms in total. The van der Waals surface area contributed by atoms with Crippen molar-refractivity contribution in [2.75, 3.05) is 12.3 Å². The van der Waals surface area contributed by atoms with Gasteiger partial charge >= 0.3 is 0 Å². The Kier molecular flexibility index (Phi) is 6.25. The first-order valence-electron chi connectivity index (χ1n) is 11.6. The van der Waals surface area contributed by atoms with Crippen molar-refractivity contribution in [3.8, 4) is 22.3 Å². The van der Waals surface area contributed by atoms with Crippen LogP contribution in [-0.4, -0.2) is 27.3 Å². The largest absolute Gasteiger partial charge is 0.368 e. The maximum Gasteiger partial charge on any atom is 0.248 e. The van der Waals surface area contributed by atoms with E-state index in [4.69, 9.17) is 11.5 Å². The van der Waals surface area contributed by atoms with Crippen molar-refractivity contribution in [1.82, 2.24) is 14.9 Å². The van der Waals surface area contributed by atoms with E-state index in [1.54, 1.807) is 36.5 Å². The lowest BCUT2D eigenvalue weighted by Gasteiger charge is -2.26. The Morgan fingerprint density at radius 3 is 2.54 bits per heavy atom. The Balaban J connectivity index is 1.46. The van der Waals surface area contributed by atoms with Crippen LogP contribution in [0.2, 0.25) is 0 Å². The summed E-state index contributed by atoms with van der Waals surface area (Å²) in [7, 11) is 0. The number of carbonyl (C=O) groups is 1. The molecule has 0 aliphatic carbocycles. The topological polar surface area (TPSA) is 98.1 Å². The summed E-state index contributed by atoms with van der Waals surface area (Å²) in [6.07, 6.45) is 3.68. The molecule has 4 aromatic rings. The first-order valence-corrected chi connectivity index (χ1v) is 11.6. The van der Waals surface area contributed by atoms with E-state index in [2.05, 4.69) is 27.0 Å². The van der Waals surface area contributed by atoms with E-state index in [-0.39, 0.29) is 17.8 Å². The van der Waals surface area contributed by atoms with Crippen LogP contribution in [0.15, 0.2) is 79.0 Å². The summed E-state index contributed by atoms with van der Waals surface area (Å²) >= 11 is 0. The minimum absolute atomic E-state index is 0.0466. The molecule has 0 spiro atoms. The van der Waals surface area contributed by atoms with Crippen LogP contribution in [0.3, 0.4) is 0 Å². The van der Waals surface area contributed by atoms with Gasteiger partial charge < -0.3 is 11.5 Å². The van der Waals surface area contributed by atoms with Crippen LogP contribution in [0, 0.1) is 5.82 Å². The second-order valence-electron chi connectivity index (χ2n) is 8.81. The van der Waals surface area contributed by atoms with E-state index in [0.717, 1.165) is 59.4 Å². The molecule has 1 saturated heterocycles. The maximum absolute atomic E-state index is 13.7. The van der Waals surface area contributed by atoms with Gasteiger partial charge in [-0.1, -0.05) is 42.5 Å². The van der Waals surface area contributed by atoms with E-state index in [9.17, 15) is 9.18 Å². The van der Waals surface area contributed by atoms with Crippen molar-refractivity contribution in [3.63, 3.8) is 0 Å². The van der Waals surface area contributed by atoms with Gasteiger partial charge in [0.25, 0.3) is 0 Å². The number of aromatic nitrogens is 2. The fourth-order valence-corrected chi connectivity index (χ4v) is 4.80. The van der Waals surface area contributed by atoms with Gasteiger partial charge in [-0.3, -0.25) is 9.69 Å². The molecule has 2 heterocycles. The average molecular weight is 468 g/mol. The number of rotatable bonds is 6. The molecule has 4 N–H and O–H groups in total. The normalized spacial score (nSPS) is 15.9. The van der Waals surface area contributed by atoms with Gasteiger partial charge in [0, 0.05) is 23.9 Å². The van der Waals surface area contributed by atoms with Crippen LogP contribution in [0.4, 0.5) is 10.3 Å². The second kappa shape index (κ2) is 9.64. The van der Waals surface area contributed by atoms with Gasteiger partial charge in [0.2, 0.25) is 11.9 Å². The van der Waals surface area contributed by atoms with Gasteiger partial charge in [0.15, 0.2) is 0 Å². The first kappa shape index (κ1) is 22.7. The highest BCUT2D eigenvalue weighted by Crippen LogP contribution is 2.38. The Labute approximate surface area is 203 Å². The van der Waals surface area contributed by atoms with Crippen LogP contribution < -0.4 is 11.5 Å². The summed E-state index contributed by atoms with van der Waals surface area (Å²) in [6, 6.07) is 22.1. The van der Waals surface area contributed by atoms with Crippen LogP contribution in [-0.2, 0) is 6.54 Å². The molecular formula is C28H26FN5O. The summed E-state index contributed by atoms with van der Waals surface area (Å²) in [5.74, 6) is -0.512. The van der Waals surface area contributed by atoms with Crippen molar-refractivity contribution in [1.29, 1.82) is 0 Å². The molecule has 1 atom stereocenters. The summed E-state index contributed by atoms with van der Waals surface area (Å²) in [5, 5.41) is 0. The summed E-state index contributed by atoms with van der Waals surface area (Å²) < 4.78 is 13.7. The minimum Gasteiger partial charge on any atom is -0.368 e. The van der Waals surface area contributed by atoms with Crippen molar-refractivity contribution in [3.05, 3.63) is 102 Å². The number of hydrogen-bond acceptors (Lipinski definition) is 5. The third-order valence-corrected chi connectivity index (χ3v) is 6.44. The Hall–Kier alpha value is -4.10. The van der Waals surface area contributed by atoms with Gasteiger partial charge in [0.1, 0.15) is 5.82 Å². The predicted molar refractivity (Wildman–Crippen MR) is 135 cm³/mol. The molecule has 1 fully saturated rings. The number of halogens is 1. The zero-order chi connectivity index (χ0) is 24.4. The first-order chi connectivity index (χ1) is 17.0. The highest BCUT2D eigenvalue weighted by Gasteiger charge is 2.30. The number of nitrogens with two attached hydrogens (primary N) is 2. The van der Waals surface area contributed by atoms with E-state index in [0.29, 0.717) is 5.56 Å². The fraction of sp³-hybridized carbons (Fsp3) is 0.179. The number of carbonyl (C=O) groups excluding carboxylic acids is 1. The fourth-order valence-electron chi connectivity index (χ4n) is 4.80. The third-order valence-electron chi connectivity index (χ3n) is 6.44. The van der Waals surface area contributed by atoms with Crippen LogP contribution in [0.5, 0.6) is 0 Å². The Morgan fingerprint density at radius 1 is 1.00 bits per heavy atom. The van der Waals surface area contributed by atoms with Crippen molar-refractivity contribution >= 4 is 11.9 Å². The molecule has 1 aliphatic rings. The van der Waals surface area contributed by atoms with Crippen molar-refractivity contribution < 1.29 is 9.18 Å². The van der Waals surface area contributed by atoms with E-state index >= 15 is 0 Å². The van der Waals surface area contributed by atoms with Gasteiger partial charge in [-0.25, -0.2) is 14.4 Å². The van der Waals surface area contributed by atoms with Gasteiger partial charge in [-0.15, -0.1) is 0 Å². The van der Waals surface area contributed by atoms with Gasteiger partial charge in [-0.05, 0) is 72.0 Å². The molecular weight excluding hydrogens is 441 g/mol. The second-order valence-corrected chi connectivity index (χ2v) is 8.81. The Bertz CT molecular complexity index is 1390. The van der Waals surface area contributed by atoms with Crippen LogP contribution >= 0.6 is 0 Å². The molecule has 5 rings (SSSR count). The van der Waals surface area contributed by atoms with Crippen LogP contribution in [0.1, 0.15) is 40.5 Å². The molecule has 0 radical (unpaired) electrons. The van der Waals surface area contributed by atoms with Crippen molar-refractivity contribution in [2.24, 2.45) is 5.73 Å². The van der Waals surface area contributed by atoms with Gasteiger partial charge in [-0.2, -0.15) is 0 Å². The molecule has 1 amide bonds. The molecule has 176 valence electrons. The summed E-state index contributed by atoms with van der Waals surface area (Å²) in [6.45, 7) is 1.64. The summed E-state index contributed by atoms with van der Waals surface area (Å²) in [5.41, 5.74) is 17.4. The highest BCUT2D eigenvalue weighted by molar-refractivity contribution is 5.94. The number of primary amides is 1. The predicted octanol–water partition coefficient (Wildman–Crippen LogP) is 4.97. The molecule has 1 aromatic heterocycles. The standard InChI is InChI=1S/C28H26FN5O/c29-23-10-3-7-20(15-23)19-6-1-5-18(13-19)17-34-12-4-11-25(34)26-24(16-32-28(31)33-26)21-8-2-9-22(14-21)27(30)35/h1-3,5-10,13-16,25H,4,11-12,17H2,(H2,30,35)(H2,31,32,33)/t25-/m1/s1. The number of benzene rings is 3. The number of nitrogens with zero attached hydrogens (tertiary/aromatic N) is 3. The molecule has 0 saturated carbocycles. The minimum atomic E-state index is -0.481. The quantitative estimate of drug-likeness (QED) is 0.417. The van der Waals surface area contributed by atoms with Gasteiger partial charge in [0.05, 0.1) is 11.7 Å². The van der Waals surface area contributed by atoms with E-state index < -0.39 is 5.91 Å². The number of nitrogen functional groups attached to an aromatic ring is 1. The van der Waals surface area contributed by atoms with E-state index in [1.807, 2.05) is 24.3 Å². The molecule has 3 aromatic carbocycles. The number of anilines is 1. The van der Waals surface area contributed by atoms with Crippen LogP contribution in [0.25, 0.3) is 22.3 Å². The Morgan fingerprint density at radius 2 is 1.74 bits per heavy atom. The molecule has 35 heavy (non-hydrogen) atoms. The highest BCUT2D eigenvalue weighted by atomic mass is 19.1. The molecule has 0 bridgehead atoms. The number of hydrogen-bond donors (Lipinski definition) is 2.